The van der Waals surface area contributed by atoms with Gasteiger partial charge in [0, 0.05) is 43.9 Å². The van der Waals surface area contributed by atoms with Crippen LogP contribution in [0.4, 0.5) is 0 Å². The molecular formula is C31H52ClN5O3. The number of carbonyl (C=O) groups is 2. The van der Waals surface area contributed by atoms with Crippen molar-refractivity contribution in [3.63, 3.8) is 0 Å². The third kappa shape index (κ3) is 6.24. The maximum Gasteiger partial charge on any atom is 0.246 e. The second-order valence-corrected chi connectivity index (χ2v) is 13.1. The van der Waals surface area contributed by atoms with Gasteiger partial charge in [-0.25, -0.2) is 0 Å². The third-order valence-corrected chi connectivity index (χ3v) is 10.4. The minimum atomic E-state index is -0.839. The maximum atomic E-state index is 13.9. The van der Waals surface area contributed by atoms with Crippen molar-refractivity contribution in [2.24, 2.45) is 0 Å². The van der Waals surface area contributed by atoms with Gasteiger partial charge in [0.15, 0.2) is 0 Å². The molecule has 2 aliphatic heterocycles. The van der Waals surface area contributed by atoms with E-state index >= 15 is 0 Å². The fourth-order valence-corrected chi connectivity index (χ4v) is 7.86. The first kappa shape index (κ1) is 31.3. The summed E-state index contributed by atoms with van der Waals surface area (Å²) in [4.78, 5) is 32.0. The highest BCUT2D eigenvalue weighted by molar-refractivity contribution is 6.00. The molecule has 40 heavy (non-hydrogen) atoms. The van der Waals surface area contributed by atoms with Gasteiger partial charge in [-0.05, 0) is 58.8 Å². The van der Waals surface area contributed by atoms with Crippen LogP contribution in [0.25, 0.3) is 0 Å². The molecule has 0 unspecified atom stereocenters. The minimum absolute atomic E-state index is 0. The van der Waals surface area contributed by atoms with Gasteiger partial charge in [-0.3, -0.25) is 19.2 Å². The molecule has 9 heteroatoms. The van der Waals surface area contributed by atoms with Crippen LogP contribution in [0, 0.1) is 13.8 Å². The molecule has 1 aromatic heterocycles. The van der Waals surface area contributed by atoms with Crippen molar-refractivity contribution in [2.45, 2.75) is 147 Å². The number of carbonyl (C=O) groups excluding carboxylic acids is 2. The fraction of sp³-hybridized carbons (Fsp3) is 0.839. The number of amides is 2. The number of nitrogens with one attached hydrogen (secondary N) is 1. The van der Waals surface area contributed by atoms with Crippen molar-refractivity contribution >= 4 is 24.2 Å². The van der Waals surface area contributed by atoms with Crippen LogP contribution < -0.4 is 5.32 Å². The monoisotopic (exact) mass is 577 g/mol. The van der Waals surface area contributed by atoms with Gasteiger partial charge < -0.3 is 15.3 Å². The SMILES string of the molecule is CCCCN1C(=O)[C@@H](CC2(O)CCCCC2)NC(=O)C12CCN(Cc1c(C)nn(C3CCCCC3)c1C)CC2.Cl. The number of aryl methyl sites for hydroxylation is 1. The molecule has 2 saturated heterocycles. The number of halogens is 1. The van der Waals surface area contributed by atoms with Gasteiger partial charge in [-0.2, -0.15) is 5.10 Å². The van der Waals surface area contributed by atoms with Gasteiger partial charge in [0.2, 0.25) is 11.8 Å². The number of unbranched alkanes of at least 4 members (excludes halogenated alkanes) is 1. The highest BCUT2D eigenvalue weighted by Gasteiger charge is 2.54. The summed E-state index contributed by atoms with van der Waals surface area (Å²) in [5.41, 5.74) is 2.12. The average Bonchev–Trinajstić information content (AvgIpc) is 3.22. The zero-order valence-corrected chi connectivity index (χ0v) is 25.9. The van der Waals surface area contributed by atoms with Crippen LogP contribution >= 0.6 is 12.4 Å². The molecule has 3 heterocycles. The maximum absolute atomic E-state index is 13.9. The lowest BCUT2D eigenvalue weighted by atomic mass is 9.77. The average molecular weight is 578 g/mol. The molecule has 2 aliphatic carbocycles. The van der Waals surface area contributed by atoms with E-state index in [0.29, 0.717) is 31.8 Å². The van der Waals surface area contributed by atoms with E-state index in [4.69, 9.17) is 5.10 Å². The molecule has 4 aliphatic rings. The van der Waals surface area contributed by atoms with Crippen LogP contribution in [0.5, 0.6) is 0 Å². The second kappa shape index (κ2) is 13.1. The Kier molecular flexibility index (Phi) is 10.3. The predicted octanol–water partition coefficient (Wildman–Crippen LogP) is 4.97. The van der Waals surface area contributed by atoms with Crippen molar-refractivity contribution in [2.75, 3.05) is 19.6 Å². The van der Waals surface area contributed by atoms with Crippen LogP contribution in [0.1, 0.15) is 126 Å². The van der Waals surface area contributed by atoms with Gasteiger partial charge in [0.25, 0.3) is 0 Å². The van der Waals surface area contributed by atoms with E-state index in [2.05, 4.69) is 35.7 Å². The Hall–Kier alpha value is -1.64. The highest BCUT2D eigenvalue weighted by atomic mass is 35.5. The van der Waals surface area contributed by atoms with Crippen molar-refractivity contribution in [3.8, 4) is 0 Å². The second-order valence-electron chi connectivity index (χ2n) is 13.1. The van der Waals surface area contributed by atoms with Gasteiger partial charge >= 0.3 is 0 Å². The normalized spacial score (nSPS) is 25.6. The zero-order valence-electron chi connectivity index (χ0n) is 25.1. The van der Waals surface area contributed by atoms with E-state index in [1.807, 2.05) is 4.90 Å². The molecule has 1 aromatic rings. The number of hydrogen-bond acceptors (Lipinski definition) is 5. The van der Waals surface area contributed by atoms with Crippen molar-refractivity contribution in [1.29, 1.82) is 0 Å². The molecule has 0 bridgehead atoms. The first-order valence-corrected chi connectivity index (χ1v) is 15.9. The topological polar surface area (TPSA) is 90.7 Å². The third-order valence-electron chi connectivity index (χ3n) is 10.4. The first-order valence-electron chi connectivity index (χ1n) is 15.9. The number of rotatable bonds is 8. The molecular weight excluding hydrogens is 526 g/mol. The van der Waals surface area contributed by atoms with Gasteiger partial charge in [-0.15, -0.1) is 12.4 Å². The van der Waals surface area contributed by atoms with E-state index < -0.39 is 17.2 Å². The molecule has 8 nitrogen and oxygen atoms in total. The summed E-state index contributed by atoms with van der Waals surface area (Å²) in [6, 6.07) is -0.0865. The molecule has 1 spiro atoms. The number of aliphatic hydroxyl groups is 1. The number of likely N-dealkylation sites (tertiary alicyclic amines) is 1. The van der Waals surface area contributed by atoms with Gasteiger partial charge in [0.05, 0.1) is 17.3 Å². The van der Waals surface area contributed by atoms with Crippen molar-refractivity contribution in [1.82, 2.24) is 24.9 Å². The van der Waals surface area contributed by atoms with Crippen LogP contribution in [-0.4, -0.2) is 73.3 Å². The summed E-state index contributed by atoms with van der Waals surface area (Å²) in [5, 5.41) is 19.2. The molecule has 5 rings (SSSR count). The van der Waals surface area contributed by atoms with Crippen LogP contribution in [0.15, 0.2) is 0 Å². The Morgan fingerprint density at radius 1 is 0.975 bits per heavy atom. The van der Waals surface area contributed by atoms with Crippen LogP contribution in [0.3, 0.4) is 0 Å². The molecule has 4 fully saturated rings. The van der Waals surface area contributed by atoms with E-state index in [0.717, 1.165) is 70.3 Å². The Bertz CT molecular complexity index is 1020. The number of nitrogens with zero attached hydrogens (tertiary/aromatic N) is 4. The highest BCUT2D eigenvalue weighted by Crippen LogP contribution is 2.38. The minimum Gasteiger partial charge on any atom is -0.390 e. The Morgan fingerprint density at radius 3 is 2.27 bits per heavy atom. The summed E-state index contributed by atoms with van der Waals surface area (Å²) in [5.74, 6) is -0.00399. The molecule has 1 atom stereocenters. The molecule has 0 radical (unpaired) electrons. The lowest BCUT2D eigenvalue weighted by Gasteiger charge is -2.52. The predicted molar refractivity (Wildman–Crippen MR) is 160 cm³/mol. The first-order chi connectivity index (χ1) is 18.8. The van der Waals surface area contributed by atoms with E-state index in [1.165, 1.54) is 43.4 Å². The van der Waals surface area contributed by atoms with E-state index in [1.54, 1.807) is 0 Å². The molecule has 0 aromatic carbocycles. The zero-order chi connectivity index (χ0) is 27.6. The number of piperazine rings is 1. The molecule has 2 amide bonds. The Balaban J connectivity index is 0.00000370. The van der Waals surface area contributed by atoms with Gasteiger partial charge in [0.1, 0.15) is 11.6 Å². The summed E-state index contributed by atoms with van der Waals surface area (Å²) in [6.07, 6.45) is 14.4. The Morgan fingerprint density at radius 2 is 1.62 bits per heavy atom. The quantitative estimate of drug-likeness (QED) is 0.455. The summed E-state index contributed by atoms with van der Waals surface area (Å²) >= 11 is 0. The summed E-state index contributed by atoms with van der Waals surface area (Å²) < 4.78 is 2.29. The lowest BCUT2D eigenvalue weighted by Crippen LogP contribution is -2.73. The van der Waals surface area contributed by atoms with Crippen molar-refractivity contribution < 1.29 is 14.7 Å². The molecule has 2 N–H and O–H groups in total. The van der Waals surface area contributed by atoms with Crippen LogP contribution in [0.2, 0.25) is 0 Å². The number of hydrogen-bond donors (Lipinski definition) is 2. The lowest BCUT2D eigenvalue weighted by molar-refractivity contribution is -0.163. The van der Waals surface area contributed by atoms with E-state index in [9.17, 15) is 14.7 Å². The largest absolute Gasteiger partial charge is 0.390 e. The van der Waals surface area contributed by atoms with Gasteiger partial charge in [-0.1, -0.05) is 51.9 Å². The summed E-state index contributed by atoms with van der Waals surface area (Å²) in [7, 11) is 0. The number of aromatic nitrogens is 2. The molecule has 2 saturated carbocycles. The van der Waals surface area contributed by atoms with E-state index in [-0.39, 0.29) is 24.2 Å². The Labute approximate surface area is 247 Å². The standard InChI is InChI=1S/C31H51N5O3.ClH/c1-4-5-18-35-28(37)27(21-30(39)14-10-7-11-15-30)32-29(38)31(35)16-19-34(20-17-31)22-26-23(2)33-36(24(26)3)25-12-8-6-9-13-25;/h25,27,39H,4-22H2,1-3H3,(H,32,38);1H/t27-;/m1./s1. The number of piperidine rings is 1. The summed E-state index contributed by atoms with van der Waals surface area (Å²) in [6.45, 7) is 9.51. The fourth-order valence-electron chi connectivity index (χ4n) is 7.86. The van der Waals surface area contributed by atoms with Crippen LogP contribution in [-0.2, 0) is 16.1 Å². The van der Waals surface area contributed by atoms with Crippen molar-refractivity contribution in [3.05, 3.63) is 17.0 Å². The smallest absolute Gasteiger partial charge is 0.246 e. The molecule has 226 valence electrons.